The lowest BCUT2D eigenvalue weighted by Gasteiger charge is -2.24. The summed E-state index contributed by atoms with van der Waals surface area (Å²) in [7, 11) is 0. The predicted octanol–water partition coefficient (Wildman–Crippen LogP) is -0.526. The second-order valence-electron chi connectivity index (χ2n) is 9.01. The largest absolute Gasteiger partial charge is 0.390 e. The van der Waals surface area contributed by atoms with Gasteiger partial charge in [-0.25, -0.2) is 15.0 Å². The predicted molar refractivity (Wildman–Crippen MR) is 108 cm³/mol. The van der Waals surface area contributed by atoms with Crippen LogP contribution in [-0.4, -0.2) is 71.2 Å². The van der Waals surface area contributed by atoms with Gasteiger partial charge in [-0.05, 0) is 37.5 Å². The lowest BCUT2D eigenvalue weighted by atomic mass is 9.95. The lowest BCUT2D eigenvalue weighted by Crippen LogP contribution is -2.41. The number of hydrogen-bond donors (Lipinski definition) is 5. The molecule has 2 aliphatic carbocycles. The van der Waals surface area contributed by atoms with Crippen LogP contribution >= 0.6 is 0 Å². The van der Waals surface area contributed by atoms with E-state index in [0.29, 0.717) is 17.1 Å². The summed E-state index contributed by atoms with van der Waals surface area (Å²) in [6.07, 6.45) is 1.80. The Bertz CT molecular complexity index is 969. The van der Waals surface area contributed by atoms with Crippen LogP contribution in [0.3, 0.4) is 0 Å². The lowest BCUT2D eigenvalue weighted by molar-refractivity contribution is -0.124. The van der Waals surface area contributed by atoms with Gasteiger partial charge in [-0.3, -0.25) is 9.36 Å². The topological polar surface area (TPSA) is 169 Å². The molecule has 6 N–H and O–H groups in total. The number of fused-ring (bicyclic) bond motifs is 3. The van der Waals surface area contributed by atoms with Crippen molar-refractivity contribution in [3.05, 3.63) is 12.7 Å². The number of carbonyl (C=O) groups is 1. The van der Waals surface area contributed by atoms with Crippen LogP contribution in [0.5, 0.6) is 0 Å². The molecule has 0 radical (unpaired) electrons. The van der Waals surface area contributed by atoms with Gasteiger partial charge in [0.25, 0.3) is 0 Å². The van der Waals surface area contributed by atoms with Crippen molar-refractivity contribution in [1.82, 2.24) is 24.8 Å². The van der Waals surface area contributed by atoms with Crippen molar-refractivity contribution in [1.29, 1.82) is 0 Å². The molecule has 3 heterocycles. The first-order valence-electron chi connectivity index (χ1n) is 10.8. The molecule has 0 spiro atoms. The average molecular weight is 432 g/mol. The van der Waals surface area contributed by atoms with Crippen LogP contribution in [0.1, 0.15) is 44.8 Å². The van der Waals surface area contributed by atoms with Gasteiger partial charge >= 0.3 is 0 Å². The van der Waals surface area contributed by atoms with E-state index in [1.807, 2.05) is 0 Å². The maximum Gasteiger partial charge on any atom is 0.220 e. The van der Waals surface area contributed by atoms with Crippen LogP contribution in [0.2, 0.25) is 0 Å². The SMILES string of the molecule is Nc1ncnc2c1ncn2[C@@H]1O[C@H](C(O)CCC(=O)NC2CC3CCC2C3)[C@@H](O)[C@H]1O. The molecular weight excluding hydrogens is 404 g/mol. The van der Waals surface area contributed by atoms with E-state index in [4.69, 9.17) is 10.5 Å². The Morgan fingerprint density at radius 2 is 2.10 bits per heavy atom. The molecule has 11 heteroatoms. The number of nitrogen functional groups attached to an aromatic ring is 1. The number of carbonyl (C=O) groups excluding carboxylic acids is 1. The van der Waals surface area contributed by atoms with Crippen molar-refractivity contribution >= 4 is 22.9 Å². The summed E-state index contributed by atoms with van der Waals surface area (Å²) in [6, 6.07) is 0.242. The molecule has 3 aliphatic rings. The highest BCUT2D eigenvalue weighted by molar-refractivity contribution is 5.81. The Balaban J connectivity index is 1.20. The van der Waals surface area contributed by atoms with Crippen LogP contribution in [-0.2, 0) is 9.53 Å². The summed E-state index contributed by atoms with van der Waals surface area (Å²) in [5, 5.41) is 34.6. The van der Waals surface area contributed by atoms with Crippen LogP contribution in [0.4, 0.5) is 5.82 Å². The molecule has 168 valence electrons. The van der Waals surface area contributed by atoms with E-state index in [-0.39, 0.29) is 30.6 Å². The fourth-order valence-electron chi connectivity index (χ4n) is 5.43. The smallest absolute Gasteiger partial charge is 0.220 e. The summed E-state index contributed by atoms with van der Waals surface area (Å²) >= 11 is 0. The van der Waals surface area contributed by atoms with Crippen LogP contribution in [0.15, 0.2) is 12.7 Å². The van der Waals surface area contributed by atoms with E-state index in [1.165, 1.54) is 36.5 Å². The number of imidazole rings is 1. The van der Waals surface area contributed by atoms with E-state index in [2.05, 4.69) is 20.3 Å². The zero-order chi connectivity index (χ0) is 21.7. The molecule has 0 aromatic carbocycles. The number of anilines is 1. The fourth-order valence-corrected chi connectivity index (χ4v) is 5.43. The van der Waals surface area contributed by atoms with E-state index in [0.717, 1.165) is 12.3 Å². The molecule has 1 amide bonds. The maximum atomic E-state index is 12.4. The molecule has 3 fully saturated rings. The van der Waals surface area contributed by atoms with Gasteiger partial charge in [0.05, 0.1) is 12.4 Å². The molecule has 4 unspecified atom stereocenters. The first kappa shape index (κ1) is 20.6. The number of aliphatic hydroxyl groups is 3. The van der Waals surface area contributed by atoms with Crippen LogP contribution < -0.4 is 11.1 Å². The van der Waals surface area contributed by atoms with Gasteiger partial charge in [-0.15, -0.1) is 0 Å². The molecule has 1 saturated heterocycles. The maximum absolute atomic E-state index is 12.4. The molecule has 2 saturated carbocycles. The Morgan fingerprint density at radius 1 is 1.26 bits per heavy atom. The summed E-state index contributed by atoms with van der Waals surface area (Å²) in [5.41, 5.74) is 6.50. The van der Waals surface area contributed by atoms with Gasteiger partial charge in [0.1, 0.15) is 30.2 Å². The van der Waals surface area contributed by atoms with E-state index < -0.39 is 30.6 Å². The number of nitrogens with two attached hydrogens (primary N) is 1. The van der Waals surface area contributed by atoms with Crippen molar-refractivity contribution < 1.29 is 24.9 Å². The van der Waals surface area contributed by atoms with Crippen LogP contribution in [0.25, 0.3) is 11.2 Å². The molecule has 8 atom stereocenters. The van der Waals surface area contributed by atoms with E-state index >= 15 is 0 Å². The number of aliphatic hydroxyl groups excluding tert-OH is 3. The second kappa shape index (κ2) is 7.97. The van der Waals surface area contributed by atoms with Gasteiger partial charge in [0, 0.05) is 12.5 Å². The van der Waals surface area contributed by atoms with Crippen molar-refractivity contribution in [2.24, 2.45) is 11.8 Å². The van der Waals surface area contributed by atoms with Gasteiger partial charge in [-0.2, -0.15) is 0 Å². The molecule has 31 heavy (non-hydrogen) atoms. The zero-order valence-corrected chi connectivity index (χ0v) is 17.0. The molecule has 2 bridgehead atoms. The number of rotatable bonds is 6. The highest BCUT2D eigenvalue weighted by atomic mass is 16.6. The third kappa shape index (κ3) is 3.65. The zero-order valence-electron chi connectivity index (χ0n) is 17.0. The molecule has 1 aliphatic heterocycles. The molecule has 5 rings (SSSR count). The van der Waals surface area contributed by atoms with Gasteiger partial charge in [-0.1, -0.05) is 6.42 Å². The highest BCUT2D eigenvalue weighted by Gasteiger charge is 2.47. The van der Waals surface area contributed by atoms with Crippen LogP contribution in [0, 0.1) is 11.8 Å². The van der Waals surface area contributed by atoms with Crippen molar-refractivity contribution in [3.63, 3.8) is 0 Å². The average Bonchev–Trinajstić information content (AvgIpc) is 3.52. The van der Waals surface area contributed by atoms with E-state index in [9.17, 15) is 20.1 Å². The molecule has 2 aromatic heterocycles. The first-order chi connectivity index (χ1) is 14.9. The summed E-state index contributed by atoms with van der Waals surface area (Å²) < 4.78 is 7.24. The fraction of sp³-hybridized carbons (Fsp3) is 0.700. The van der Waals surface area contributed by atoms with Gasteiger partial charge in [0.2, 0.25) is 5.91 Å². The number of hydrogen-bond acceptors (Lipinski definition) is 9. The minimum Gasteiger partial charge on any atom is -0.390 e. The Kier molecular flexibility index (Phi) is 5.29. The number of aromatic nitrogens is 4. The molecule has 11 nitrogen and oxygen atoms in total. The summed E-state index contributed by atoms with van der Waals surface area (Å²) in [4.78, 5) is 24.5. The number of nitrogens with zero attached hydrogens (tertiary/aromatic N) is 4. The Hall–Kier alpha value is -2.34. The van der Waals surface area contributed by atoms with Crippen molar-refractivity contribution in [2.75, 3.05) is 5.73 Å². The van der Waals surface area contributed by atoms with Crippen molar-refractivity contribution in [3.8, 4) is 0 Å². The third-order valence-corrected chi connectivity index (χ3v) is 7.07. The van der Waals surface area contributed by atoms with Gasteiger partial charge < -0.3 is 31.1 Å². The van der Waals surface area contributed by atoms with Crippen molar-refractivity contribution in [2.45, 2.75) is 75.2 Å². The third-order valence-electron chi connectivity index (χ3n) is 7.07. The summed E-state index contributed by atoms with van der Waals surface area (Å²) in [6.45, 7) is 0. The quantitative estimate of drug-likeness (QED) is 0.403. The summed E-state index contributed by atoms with van der Waals surface area (Å²) in [5.74, 6) is 1.41. The minimum absolute atomic E-state index is 0.103. The van der Waals surface area contributed by atoms with E-state index in [1.54, 1.807) is 0 Å². The monoisotopic (exact) mass is 432 g/mol. The molecule has 2 aromatic rings. The standard InChI is InChI=1S/C20H28N6O5/c21-18-14-19(23-7-22-18)26(8-24-14)20-16(30)15(29)17(31-20)12(27)3-4-13(28)25-11-6-9-1-2-10(11)5-9/h7-12,15-17,20,27,29-30H,1-6H2,(H,25,28)(H2,21,22,23)/t9?,10?,11?,12?,15-,16+,17+,20+/m0/s1. The van der Waals surface area contributed by atoms with Gasteiger partial charge in [0.15, 0.2) is 17.7 Å². The second-order valence-corrected chi connectivity index (χ2v) is 9.01. The highest BCUT2D eigenvalue weighted by Crippen LogP contribution is 2.44. The minimum atomic E-state index is -1.33. The molecular formula is C20H28N6O5. The Morgan fingerprint density at radius 3 is 2.84 bits per heavy atom. The number of amides is 1. The number of nitrogens with one attached hydrogen (secondary N) is 1. The normalized spacial score (nSPS) is 35.6. The number of ether oxygens (including phenoxy) is 1. The first-order valence-corrected chi connectivity index (χ1v) is 10.8. The Labute approximate surface area is 178 Å².